The molecule has 0 aliphatic carbocycles. The summed E-state index contributed by atoms with van der Waals surface area (Å²) in [5.74, 6) is 0. The third kappa shape index (κ3) is 847. The molecule has 0 bridgehead atoms. The molecule has 7 heavy (non-hydrogen) atoms. The molecule has 0 aromatic heterocycles. The topological polar surface area (TPSA) is 63.0 Å². The van der Waals surface area contributed by atoms with E-state index in [2.05, 4.69) is 0 Å². The molecular weight excluding hydrogens is 289 g/mol. The van der Waals surface area contributed by atoms with E-state index in [1.807, 2.05) is 0 Å². The molecule has 0 amide bonds. The molecule has 49 valence electrons. The van der Waals surface area contributed by atoms with Crippen molar-refractivity contribution in [3.8, 4) is 0 Å². The van der Waals surface area contributed by atoms with Crippen molar-refractivity contribution in [3.05, 3.63) is 0 Å². The van der Waals surface area contributed by atoms with Gasteiger partial charge in [-0.3, -0.25) is 0 Å². The van der Waals surface area contributed by atoms with Crippen LogP contribution in [-0.4, -0.2) is 11.0 Å². The predicted octanol–water partition coefficient (Wildman–Crippen LogP) is 0.0289. The Morgan fingerprint density at radius 2 is 0.714 bits per heavy atom. The summed E-state index contributed by atoms with van der Waals surface area (Å²) in [5.41, 5.74) is 0. The second kappa shape index (κ2) is 4.54. The van der Waals surface area contributed by atoms with Gasteiger partial charge in [-0.15, -0.1) is 0 Å². The molecule has 0 atom stereocenters. The van der Waals surface area contributed by atoms with Crippen molar-refractivity contribution in [2.24, 2.45) is 0 Å². The van der Waals surface area contributed by atoms with Crippen LogP contribution in [0.1, 0.15) is 0 Å². The van der Waals surface area contributed by atoms with Gasteiger partial charge in [-0.25, -0.2) is 0 Å². The molecule has 0 saturated carbocycles. The van der Waals surface area contributed by atoms with Gasteiger partial charge >= 0.3 is 31.4 Å². The number of halogens is 4. The van der Waals surface area contributed by atoms with E-state index < -0.39 is 19.3 Å². The Kier molecular flexibility index (Phi) is 10.1. The number of hydrogen-bond acceptors (Lipinski definition) is 0. The average Bonchev–Trinajstić information content (AvgIpc) is 0.722. The zero-order valence-corrected chi connectivity index (χ0v) is 6.17. The van der Waals surface area contributed by atoms with Crippen LogP contribution in [0, 0.1) is 0 Å². The molecule has 7 heteroatoms. The van der Waals surface area contributed by atoms with Gasteiger partial charge in [0.2, 0.25) is 0 Å². The molecule has 0 unspecified atom stereocenters. The summed E-state index contributed by atoms with van der Waals surface area (Å²) in [4.78, 5) is 0. The van der Waals surface area contributed by atoms with Gasteiger partial charge in [-0.05, 0) is 0 Å². The average molecular weight is 293 g/mol. The Hall–Kier alpha value is 0.380. The van der Waals surface area contributed by atoms with Gasteiger partial charge in [0.05, 0.1) is 0 Å². The number of hydrogen-bond donors (Lipinski definition) is 0. The van der Waals surface area contributed by atoms with E-state index in [4.69, 9.17) is 0 Å². The van der Waals surface area contributed by atoms with E-state index in [0.29, 0.717) is 0 Å². The van der Waals surface area contributed by atoms with Crippen molar-refractivity contribution in [3.63, 3.8) is 0 Å². The van der Waals surface area contributed by atoms with Gasteiger partial charge in [0.1, 0.15) is 0 Å². The van der Waals surface area contributed by atoms with E-state index in [-0.39, 0.29) is 11.0 Å². The van der Waals surface area contributed by atoms with Crippen molar-refractivity contribution in [1.82, 2.24) is 0 Å². The third-order valence-corrected chi connectivity index (χ3v) is 0. The summed E-state index contributed by atoms with van der Waals surface area (Å²) < 4.78 is 39.6. The normalized spacial score (nSPS) is 8.57. The molecule has 0 aliphatic rings. The SMILES string of the molecule is O.O.[F][Ta]([F])([F])[F]. The van der Waals surface area contributed by atoms with Crippen molar-refractivity contribution >= 4 is 0 Å². The molecule has 0 aliphatic heterocycles. The standard InChI is InChI=1S/4FH.2H2O.Ta/h4*1H;2*1H2;/q;;;;;;+4/p-4. The van der Waals surface area contributed by atoms with Gasteiger partial charge in [0.25, 0.3) is 0 Å². The summed E-state index contributed by atoms with van der Waals surface area (Å²) in [6, 6.07) is 0. The molecular formula is H4F4O2Ta. The summed E-state index contributed by atoms with van der Waals surface area (Å²) in [5, 5.41) is 0. The first-order valence-electron chi connectivity index (χ1n) is 0.676. The monoisotopic (exact) mass is 293 g/mol. The molecule has 0 saturated heterocycles. The second-order valence-corrected chi connectivity index (χ2v) is 3.14. The first-order valence-corrected chi connectivity index (χ1v) is 5.53. The zero-order valence-electron chi connectivity index (χ0n) is 2.96. The molecule has 2 nitrogen and oxygen atoms in total. The van der Waals surface area contributed by atoms with Crippen LogP contribution in [0.5, 0.6) is 0 Å². The van der Waals surface area contributed by atoms with E-state index in [0.717, 1.165) is 0 Å². The zero-order chi connectivity index (χ0) is 4.50. The molecule has 0 spiro atoms. The maximum absolute atomic E-state index is 9.90. The molecule has 4 N–H and O–H groups in total. The van der Waals surface area contributed by atoms with Crippen LogP contribution in [0.25, 0.3) is 0 Å². The molecule has 0 rings (SSSR count). The molecule has 0 heterocycles. The Morgan fingerprint density at radius 1 is 0.714 bits per heavy atom. The van der Waals surface area contributed by atoms with E-state index in [9.17, 15) is 12.1 Å². The van der Waals surface area contributed by atoms with Crippen LogP contribution in [0.2, 0.25) is 0 Å². The first kappa shape index (κ1) is 15.7. The van der Waals surface area contributed by atoms with Crippen molar-refractivity contribution in [2.45, 2.75) is 0 Å². The van der Waals surface area contributed by atoms with E-state index in [1.54, 1.807) is 0 Å². The summed E-state index contributed by atoms with van der Waals surface area (Å²) >= 11 is -7.22. The maximum atomic E-state index is 9.90. The van der Waals surface area contributed by atoms with Gasteiger partial charge in [-0.1, -0.05) is 0 Å². The van der Waals surface area contributed by atoms with E-state index >= 15 is 0 Å². The molecule has 0 radical (unpaired) electrons. The van der Waals surface area contributed by atoms with Gasteiger partial charge < -0.3 is 11.0 Å². The minimum absolute atomic E-state index is 0. The Labute approximate surface area is 43.1 Å². The van der Waals surface area contributed by atoms with Crippen molar-refractivity contribution in [2.75, 3.05) is 0 Å². The van der Waals surface area contributed by atoms with Gasteiger partial charge in [-0.2, -0.15) is 0 Å². The first-order chi connectivity index (χ1) is 2.00. The second-order valence-electron chi connectivity index (χ2n) is 0.383. The quantitative estimate of drug-likeness (QED) is 0.566. The van der Waals surface area contributed by atoms with Crippen molar-refractivity contribution < 1.29 is 42.4 Å². The summed E-state index contributed by atoms with van der Waals surface area (Å²) in [6.07, 6.45) is 0. The fourth-order valence-electron chi connectivity index (χ4n) is 0. The Morgan fingerprint density at radius 3 is 0.714 bits per heavy atom. The van der Waals surface area contributed by atoms with Crippen LogP contribution in [0.3, 0.4) is 0 Å². The molecule has 0 fully saturated rings. The Bertz CT molecular complexity index is 25.2. The number of rotatable bonds is 0. The third-order valence-electron chi connectivity index (χ3n) is 0. The van der Waals surface area contributed by atoms with Crippen molar-refractivity contribution in [1.29, 1.82) is 0 Å². The minimum atomic E-state index is -7.22. The fourth-order valence-corrected chi connectivity index (χ4v) is 0. The molecule has 0 aromatic carbocycles. The molecule has 0 aromatic rings. The Balaban J connectivity index is -0.0000000800. The van der Waals surface area contributed by atoms with Crippen LogP contribution in [0.15, 0.2) is 0 Å². The van der Waals surface area contributed by atoms with Gasteiger partial charge in [0, 0.05) is 0 Å². The van der Waals surface area contributed by atoms with Crippen LogP contribution in [0.4, 0.5) is 12.1 Å². The summed E-state index contributed by atoms with van der Waals surface area (Å²) in [6.45, 7) is 0. The van der Waals surface area contributed by atoms with Crippen LogP contribution in [-0.2, 0) is 19.3 Å². The van der Waals surface area contributed by atoms with E-state index in [1.165, 1.54) is 0 Å². The summed E-state index contributed by atoms with van der Waals surface area (Å²) in [7, 11) is 0. The predicted molar refractivity (Wildman–Crippen MR) is 11.7 cm³/mol. The van der Waals surface area contributed by atoms with Crippen LogP contribution < -0.4 is 0 Å². The fraction of sp³-hybridized carbons (Fsp3) is 0. The van der Waals surface area contributed by atoms with Crippen LogP contribution >= 0.6 is 0 Å². The van der Waals surface area contributed by atoms with Gasteiger partial charge in [0.15, 0.2) is 0 Å².